The van der Waals surface area contributed by atoms with Crippen LogP contribution in [0.4, 0.5) is 14.5 Å². The van der Waals surface area contributed by atoms with Crippen molar-refractivity contribution in [2.75, 3.05) is 24.5 Å². The molecule has 0 aliphatic carbocycles. The first-order chi connectivity index (χ1) is 13.6. The molecule has 4 rings (SSSR count). The van der Waals surface area contributed by atoms with Crippen molar-refractivity contribution >= 4 is 11.6 Å². The molecule has 0 unspecified atom stereocenters. The number of carbonyl (C=O) groups is 1. The predicted molar refractivity (Wildman–Crippen MR) is 101 cm³/mol. The molecule has 3 aromatic rings. The van der Waals surface area contributed by atoms with Crippen LogP contribution in [0.15, 0.2) is 59.1 Å². The van der Waals surface area contributed by atoms with Crippen LogP contribution in [0.1, 0.15) is 17.0 Å². The molecule has 0 bridgehead atoms. The molecule has 1 saturated heterocycles. The number of nitrogens with zero attached hydrogens (tertiary/aromatic N) is 2. The van der Waals surface area contributed by atoms with Gasteiger partial charge in [0.05, 0.1) is 0 Å². The van der Waals surface area contributed by atoms with Crippen LogP contribution in [-0.4, -0.2) is 30.7 Å². The molecule has 7 heteroatoms. The van der Waals surface area contributed by atoms with Crippen LogP contribution in [0.2, 0.25) is 0 Å². The fourth-order valence-electron chi connectivity index (χ4n) is 3.37. The van der Waals surface area contributed by atoms with E-state index in [4.69, 9.17) is 4.52 Å². The topological polar surface area (TPSA) is 58.4 Å². The molecule has 0 saturated carbocycles. The number of nitrogens with one attached hydrogen (secondary N) is 1. The fraction of sp³-hybridized carbons (Fsp3) is 0.238. The van der Waals surface area contributed by atoms with Crippen molar-refractivity contribution in [3.63, 3.8) is 0 Å². The number of rotatable bonds is 5. The lowest BCUT2D eigenvalue weighted by Gasteiger charge is -2.19. The van der Waals surface area contributed by atoms with E-state index in [9.17, 15) is 13.6 Å². The highest BCUT2D eigenvalue weighted by atomic mass is 19.2. The molecular weight excluding hydrogens is 364 g/mol. The number of hydrogen-bond acceptors (Lipinski definition) is 4. The Bertz CT molecular complexity index is 975. The van der Waals surface area contributed by atoms with Crippen molar-refractivity contribution in [1.29, 1.82) is 0 Å². The van der Waals surface area contributed by atoms with Crippen LogP contribution in [0.5, 0.6) is 0 Å². The quantitative estimate of drug-likeness (QED) is 0.727. The molecule has 1 N–H and O–H groups in total. The Kier molecular flexibility index (Phi) is 5.06. The summed E-state index contributed by atoms with van der Waals surface area (Å²) in [6.07, 6.45) is 0.852. The molecule has 1 atom stereocenters. The molecule has 0 spiro atoms. The van der Waals surface area contributed by atoms with Gasteiger partial charge in [0.25, 0.3) is 5.91 Å². The SMILES string of the molecule is O=C(NC[C@@H]1CCN(c2ccc(F)c(F)c2)C1)c1cc(-c2ccccc2)no1. The Hall–Kier alpha value is -3.22. The van der Waals surface area contributed by atoms with Crippen molar-refractivity contribution in [1.82, 2.24) is 10.5 Å². The van der Waals surface area contributed by atoms with Gasteiger partial charge in [-0.25, -0.2) is 8.78 Å². The normalized spacial score (nSPS) is 16.4. The van der Waals surface area contributed by atoms with Crippen molar-refractivity contribution < 1.29 is 18.1 Å². The lowest BCUT2D eigenvalue weighted by molar-refractivity contribution is 0.0911. The van der Waals surface area contributed by atoms with Gasteiger partial charge in [0.1, 0.15) is 5.69 Å². The third-order valence-corrected chi connectivity index (χ3v) is 4.91. The standard InChI is InChI=1S/C21H19F2N3O2/c22-17-7-6-16(10-18(17)23)26-9-8-14(13-26)12-24-21(27)20-11-19(25-28-20)15-4-2-1-3-5-15/h1-7,10-11,14H,8-9,12-13H2,(H,24,27)/t14-/m0/s1. The highest BCUT2D eigenvalue weighted by Gasteiger charge is 2.24. The first-order valence-corrected chi connectivity index (χ1v) is 9.10. The fourth-order valence-corrected chi connectivity index (χ4v) is 3.37. The van der Waals surface area contributed by atoms with E-state index >= 15 is 0 Å². The van der Waals surface area contributed by atoms with Crippen molar-refractivity contribution in [3.8, 4) is 11.3 Å². The van der Waals surface area contributed by atoms with Gasteiger partial charge in [-0.15, -0.1) is 0 Å². The van der Waals surface area contributed by atoms with E-state index in [2.05, 4.69) is 10.5 Å². The maximum absolute atomic E-state index is 13.4. The number of anilines is 1. The molecule has 1 fully saturated rings. The molecule has 5 nitrogen and oxygen atoms in total. The summed E-state index contributed by atoms with van der Waals surface area (Å²) in [5.41, 5.74) is 2.13. The zero-order chi connectivity index (χ0) is 19.5. The molecule has 0 radical (unpaired) electrons. The number of halogens is 2. The van der Waals surface area contributed by atoms with E-state index in [0.717, 1.165) is 24.6 Å². The summed E-state index contributed by atoms with van der Waals surface area (Å²) in [5.74, 6) is -1.65. The second-order valence-electron chi connectivity index (χ2n) is 6.85. The van der Waals surface area contributed by atoms with Crippen LogP contribution < -0.4 is 10.2 Å². The summed E-state index contributed by atoms with van der Waals surface area (Å²) in [6.45, 7) is 1.86. The van der Waals surface area contributed by atoms with Gasteiger partial charge in [-0.3, -0.25) is 4.79 Å². The average Bonchev–Trinajstić information content (AvgIpc) is 3.39. The summed E-state index contributed by atoms with van der Waals surface area (Å²) in [5, 5.41) is 6.81. The zero-order valence-corrected chi connectivity index (χ0v) is 15.1. The molecule has 1 aliphatic heterocycles. The minimum Gasteiger partial charge on any atom is -0.371 e. The Morgan fingerprint density at radius 3 is 2.75 bits per heavy atom. The van der Waals surface area contributed by atoms with E-state index in [1.807, 2.05) is 35.2 Å². The second-order valence-corrected chi connectivity index (χ2v) is 6.85. The molecule has 1 aromatic heterocycles. The van der Waals surface area contributed by atoms with Gasteiger partial charge in [-0.2, -0.15) is 0 Å². The van der Waals surface area contributed by atoms with Gasteiger partial charge >= 0.3 is 0 Å². The number of aromatic nitrogens is 1. The van der Waals surface area contributed by atoms with Gasteiger partial charge in [0.15, 0.2) is 11.6 Å². The maximum atomic E-state index is 13.4. The first-order valence-electron chi connectivity index (χ1n) is 9.10. The Labute approximate surface area is 160 Å². The van der Waals surface area contributed by atoms with Gasteiger partial charge < -0.3 is 14.7 Å². The van der Waals surface area contributed by atoms with Crippen LogP contribution >= 0.6 is 0 Å². The molecule has 2 aromatic carbocycles. The van der Waals surface area contributed by atoms with Gasteiger partial charge in [-0.1, -0.05) is 35.5 Å². The van der Waals surface area contributed by atoms with E-state index in [0.29, 0.717) is 24.5 Å². The highest BCUT2D eigenvalue weighted by molar-refractivity contribution is 5.92. The number of benzene rings is 2. The average molecular weight is 383 g/mol. The van der Waals surface area contributed by atoms with E-state index in [1.54, 1.807) is 12.1 Å². The molecule has 28 heavy (non-hydrogen) atoms. The van der Waals surface area contributed by atoms with Gasteiger partial charge in [-0.05, 0) is 24.5 Å². The molecule has 1 aliphatic rings. The Balaban J connectivity index is 1.32. The minimum absolute atomic E-state index is 0.161. The number of amides is 1. The van der Waals surface area contributed by atoms with Crippen molar-refractivity contribution in [2.45, 2.75) is 6.42 Å². The smallest absolute Gasteiger partial charge is 0.289 e. The summed E-state index contributed by atoms with van der Waals surface area (Å²) < 4.78 is 31.7. The van der Waals surface area contributed by atoms with Gasteiger partial charge in [0, 0.05) is 43.0 Å². The van der Waals surface area contributed by atoms with Crippen molar-refractivity contribution in [2.24, 2.45) is 5.92 Å². The predicted octanol–water partition coefficient (Wildman–Crippen LogP) is 3.88. The van der Waals surface area contributed by atoms with Crippen LogP contribution in [0.3, 0.4) is 0 Å². The van der Waals surface area contributed by atoms with E-state index in [1.165, 1.54) is 6.07 Å². The van der Waals surface area contributed by atoms with E-state index < -0.39 is 11.6 Å². The molecule has 1 amide bonds. The zero-order valence-electron chi connectivity index (χ0n) is 15.1. The van der Waals surface area contributed by atoms with Crippen LogP contribution in [0, 0.1) is 17.6 Å². The lowest BCUT2D eigenvalue weighted by atomic mass is 10.1. The first kappa shape index (κ1) is 18.2. The van der Waals surface area contributed by atoms with Crippen molar-refractivity contribution in [3.05, 3.63) is 72.0 Å². The molecule has 144 valence electrons. The van der Waals surface area contributed by atoms with Crippen LogP contribution in [-0.2, 0) is 0 Å². The van der Waals surface area contributed by atoms with Crippen LogP contribution in [0.25, 0.3) is 11.3 Å². The summed E-state index contributed by atoms with van der Waals surface area (Å²) >= 11 is 0. The van der Waals surface area contributed by atoms with E-state index in [-0.39, 0.29) is 17.6 Å². The lowest BCUT2D eigenvalue weighted by Crippen LogP contribution is -2.30. The molecule has 2 heterocycles. The largest absolute Gasteiger partial charge is 0.371 e. The third-order valence-electron chi connectivity index (χ3n) is 4.91. The Morgan fingerprint density at radius 1 is 1.14 bits per heavy atom. The summed E-state index contributed by atoms with van der Waals surface area (Å²) in [6, 6.07) is 15.0. The summed E-state index contributed by atoms with van der Waals surface area (Å²) in [4.78, 5) is 14.3. The second kappa shape index (κ2) is 7.80. The minimum atomic E-state index is -0.853. The Morgan fingerprint density at radius 2 is 1.96 bits per heavy atom. The monoisotopic (exact) mass is 383 g/mol. The number of hydrogen-bond donors (Lipinski definition) is 1. The molecular formula is C21H19F2N3O2. The number of carbonyl (C=O) groups excluding carboxylic acids is 1. The maximum Gasteiger partial charge on any atom is 0.289 e. The third kappa shape index (κ3) is 3.88. The van der Waals surface area contributed by atoms with Gasteiger partial charge in [0.2, 0.25) is 5.76 Å². The highest BCUT2D eigenvalue weighted by Crippen LogP contribution is 2.25. The summed E-state index contributed by atoms with van der Waals surface area (Å²) in [7, 11) is 0.